The second-order valence-corrected chi connectivity index (χ2v) is 7.89. The van der Waals surface area contributed by atoms with Gasteiger partial charge in [0.1, 0.15) is 12.1 Å². The minimum atomic E-state index is -0.343. The lowest BCUT2D eigenvalue weighted by Gasteiger charge is -2.16. The monoisotopic (exact) mass is 443 g/mol. The summed E-state index contributed by atoms with van der Waals surface area (Å²) in [4.78, 5) is 25.7. The van der Waals surface area contributed by atoms with Crippen molar-refractivity contribution in [3.63, 3.8) is 0 Å². The van der Waals surface area contributed by atoms with Crippen LogP contribution in [0.3, 0.4) is 0 Å². The van der Waals surface area contributed by atoms with Gasteiger partial charge < -0.3 is 21.8 Å². The number of hydrogen-bond donors (Lipinski definition) is 4. The van der Waals surface area contributed by atoms with E-state index in [4.69, 9.17) is 11.1 Å². The molecule has 0 saturated carbocycles. The van der Waals surface area contributed by atoms with Crippen LogP contribution < -0.4 is 16.4 Å². The van der Waals surface area contributed by atoms with Crippen LogP contribution >= 0.6 is 11.3 Å². The summed E-state index contributed by atoms with van der Waals surface area (Å²) in [5.41, 5.74) is 10.5. The number of nitrogens with two attached hydrogens (primary N) is 1. The van der Waals surface area contributed by atoms with Gasteiger partial charge in [-0.15, -0.1) is 11.3 Å². The van der Waals surface area contributed by atoms with E-state index in [1.165, 1.54) is 23.7 Å². The molecule has 9 heteroatoms. The summed E-state index contributed by atoms with van der Waals surface area (Å²) >= 11 is 1.32. The molecule has 0 radical (unpaired) electrons. The van der Waals surface area contributed by atoms with Crippen LogP contribution in [0.15, 0.2) is 60.8 Å². The number of anilines is 3. The van der Waals surface area contributed by atoms with Crippen LogP contribution in [0.4, 0.5) is 17.2 Å². The van der Waals surface area contributed by atoms with Crippen molar-refractivity contribution in [1.82, 2.24) is 15.0 Å². The van der Waals surface area contributed by atoms with Gasteiger partial charge in [0.2, 0.25) is 0 Å². The standard InChI is InChI=1S/C23H21N7OS/c1-3-16(24)19-17(26-10-14-7-4-6-13(2)29-14)8-5-9-18(19)30-23(31)15-11-32-21-20(15)27-12-28-22(21)25/h3-9,11-12,24,26H,1,10H2,2H3,(H,30,31)(H2,25,27,28). The van der Waals surface area contributed by atoms with Gasteiger partial charge in [-0.25, -0.2) is 9.97 Å². The molecule has 3 heterocycles. The minimum absolute atomic E-state index is 0.183. The van der Waals surface area contributed by atoms with Gasteiger partial charge in [0.25, 0.3) is 5.91 Å². The molecule has 0 fully saturated rings. The highest BCUT2D eigenvalue weighted by Gasteiger charge is 2.19. The summed E-state index contributed by atoms with van der Waals surface area (Å²) < 4.78 is 0.665. The number of thiophene rings is 1. The Bertz CT molecular complexity index is 1350. The van der Waals surface area contributed by atoms with Gasteiger partial charge in [0.15, 0.2) is 0 Å². The van der Waals surface area contributed by atoms with Crippen LogP contribution in [0, 0.1) is 12.3 Å². The number of pyridine rings is 1. The molecule has 0 saturated heterocycles. The molecule has 0 unspecified atom stereocenters. The van der Waals surface area contributed by atoms with E-state index in [1.54, 1.807) is 11.4 Å². The average molecular weight is 444 g/mol. The lowest BCUT2D eigenvalue weighted by Crippen LogP contribution is -2.16. The van der Waals surface area contributed by atoms with E-state index in [1.807, 2.05) is 37.3 Å². The van der Waals surface area contributed by atoms with Crippen LogP contribution in [0.2, 0.25) is 0 Å². The number of nitrogen functional groups attached to an aromatic ring is 1. The molecule has 0 aliphatic carbocycles. The van der Waals surface area contributed by atoms with E-state index in [9.17, 15) is 4.79 Å². The molecule has 1 aromatic carbocycles. The number of amides is 1. The van der Waals surface area contributed by atoms with Crippen molar-refractivity contribution in [2.45, 2.75) is 13.5 Å². The molecule has 0 bridgehead atoms. The van der Waals surface area contributed by atoms with Gasteiger partial charge in [0.05, 0.1) is 39.4 Å². The Morgan fingerprint density at radius 3 is 2.78 bits per heavy atom. The number of benzene rings is 1. The van der Waals surface area contributed by atoms with Gasteiger partial charge in [-0.3, -0.25) is 9.78 Å². The smallest absolute Gasteiger partial charge is 0.258 e. The van der Waals surface area contributed by atoms with E-state index < -0.39 is 0 Å². The zero-order valence-electron chi connectivity index (χ0n) is 17.3. The first kappa shape index (κ1) is 21.1. The van der Waals surface area contributed by atoms with E-state index in [0.29, 0.717) is 45.1 Å². The summed E-state index contributed by atoms with van der Waals surface area (Å²) in [5, 5.41) is 16.3. The molecule has 0 aliphatic rings. The quantitative estimate of drug-likeness (QED) is 0.313. The van der Waals surface area contributed by atoms with Gasteiger partial charge in [-0.1, -0.05) is 18.7 Å². The lowest BCUT2D eigenvalue weighted by atomic mass is 10.0. The highest BCUT2D eigenvalue weighted by atomic mass is 32.1. The number of aryl methyl sites for hydroxylation is 1. The third kappa shape index (κ3) is 4.19. The third-order valence-corrected chi connectivity index (χ3v) is 5.81. The van der Waals surface area contributed by atoms with Gasteiger partial charge in [0, 0.05) is 22.3 Å². The predicted octanol–water partition coefficient (Wildman–Crippen LogP) is 4.40. The second kappa shape index (κ2) is 8.94. The Hall–Kier alpha value is -4.11. The maximum Gasteiger partial charge on any atom is 0.258 e. The fraction of sp³-hybridized carbons (Fsp3) is 0.0870. The maximum atomic E-state index is 13.1. The van der Waals surface area contributed by atoms with Gasteiger partial charge in [-0.2, -0.15) is 0 Å². The first-order valence-corrected chi connectivity index (χ1v) is 10.7. The molecular formula is C23H21N7OS. The summed E-state index contributed by atoms with van der Waals surface area (Å²) in [6.45, 7) is 6.13. The van der Waals surface area contributed by atoms with Crippen molar-refractivity contribution in [1.29, 1.82) is 5.41 Å². The first-order chi connectivity index (χ1) is 15.5. The third-order valence-electron chi connectivity index (χ3n) is 4.82. The van der Waals surface area contributed by atoms with E-state index in [-0.39, 0.29) is 11.6 Å². The lowest BCUT2D eigenvalue weighted by molar-refractivity contribution is 0.102. The van der Waals surface area contributed by atoms with Gasteiger partial charge >= 0.3 is 0 Å². The SMILES string of the molecule is C=CC(=N)c1c(NCc2cccc(C)n2)cccc1NC(=O)c1csc2c(N)ncnc12. The topological polar surface area (TPSA) is 130 Å². The number of fused-ring (bicyclic) bond motifs is 1. The van der Waals surface area contributed by atoms with E-state index >= 15 is 0 Å². The molecule has 4 rings (SSSR count). The Kier molecular flexibility index (Phi) is 5.91. The minimum Gasteiger partial charge on any atom is -0.382 e. The summed E-state index contributed by atoms with van der Waals surface area (Å²) in [5.74, 6) is -0.00547. The van der Waals surface area contributed by atoms with Crippen molar-refractivity contribution >= 4 is 50.4 Å². The second-order valence-electron chi connectivity index (χ2n) is 7.01. The molecule has 3 aromatic heterocycles. The first-order valence-electron chi connectivity index (χ1n) is 9.77. The van der Waals surface area contributed by atoms with Crippen molar-refractivity contribution in [3.05, 3.63) is 83.3 Å². The zero-order chi connectivity index (χ0) is 22.7. The van der Waals surface area contributed by atoms with Gasteiger partial charge in [-0.05, 0) is 37.3 Å². The van der Waals surface area contributed by atoms with Crippen LogP contribution in [0.5, 0.6) is 0 Å². The number of rotatable bonds is 7. The Morgan fingerprint density at radius 2 is 2.00 bits per heavy atom. The van der Waals surface area contributed by atoms with E-state index in [0.717, 1.165) is 11.4 Å². The molecule has 1 amide bonds. The Morgan fingerprint density at radius 1 is 1.22 bits per heavy atom. The highest BCUT2D eigenvalue weighted by Crippen LogP contribution is 2.30. The Balaban J connectivity index is 1.65. The number of hydrogen-bond acceptors (Lipinski definition) is 8. The molecule has 8 nitrogen and oxygen atoms in total. The molecule has 0 aliphatic heterocycles. The summed E-state index contributed by atoms with van der Waals surface area (Å²) in [7, 11) is 0. The zero-order valence-corrected chi connectivity index (χ0v) is 18.2. The average Bonchev–Trinajstić information content (AvgIpc) is 3.23. The maximum absolute atomic E-state index is 13.1. The highest BCUT2D eigenvalue weighted by molar-refractivity contribution is 7.18. The molecule has 4 aromatic rings. The number of carbonyl (C=O) groups is 1. The Labute approximate surface area is 188 Å². The van der Waals surface area contributed by atoms with Crippen LogP contribution in [-0.4, -0.2) is 26.6 Å². The predicted molar refractivity (Wildman–Crippen MR) is 130 cm³/mol. The number of allylic oxidation sites excluding steroid dienone is 1. The molecule has 160 valence electrons. The van der Waals surface area contributed by atoms with Crippen LogP contribution in [-0.2, 0) is 6.54 Å². The normalized spacial score (nSPS) is 10.7. The molecule has 5 N–H and O–H groups in total. The number of carbonyl (C=O) groups excluding carboxylic acids is 1. The molecular weight excluding hydrogens is 422 g/mol. The van der Waals surface area contributed by atoms with Crippen LogP contribution in [0.1, 0.15) is 27.3 Å². The fourth-order valence-corrected chi connectivity index (χ4v) is 4.20. The molecule has 0 spiro atoms. The fourth-order valence-electron chi connectivity index (χ4n) is 3.30. The number of nitrogens with one attached hydrogen (secondary N) is 3. The number of aromatic nitrogens is 3. The van der Waals surface area contributed by atoms with Crippen molar-refractivity contribution in [2.24, 2.45) is 0 Å². The largest absolute Gasteiger partial charge is 0.382 e. The van der Waals surface area contributed by atoms with Crippen molar-refractivity contribution in [2.75, 3.05) is 16.4 Å². The van der Waals surface area contributed by atoms with E-state index in [2.05, 4.69) is 32.2 Å². The summed E-state index contributed by atoms with van der Waals surface area (Å²) in [6.07, 6.45) is 2.78. The van der Waals surface area contributed by atoms with Crippen molar-refractivity contribution < 1.29 is 4.79 Å². The molecule has 0 atom stereocenters. The van der Waals surface area contributed by atoms with Crippen LogP contribution in [0.25, 0.3) is 10.2 Å². The summed E-state index contributed by atoms with van der Waals surface area (Å²) in [6, 6.07) is 11.2. The number of nitrogens with zero attached hydrogens (tertiary/aromatic N) is 3. The molecule has 32 heavy (non-hydrogen) atoms. The van der Waals surface area contributed by atoms with Crippen molar-refractivity contribution in [3.8, 4) is 0 Å².